The molecule has 0 unspecified atom stereocenters. The number of nitrogens with zero attached hydrogens (tertiary/aromatic N) is 2. The number of hydrogen-bond acceptors (Lipinski definition) is 4. The van der Waals surface area contributed by atoms with Gasteiger partial charge in [0.15, 0.2) is 0 Å². The summed E-state index contributed by atoms with van der Waals surface area (Å²) in [5, 5.41) is 2.86. The zero-order valence-corrected chi connectivity index (χ0v) is 17.2. The third kappa shape index (κ3) is 5.17. The van der Waals surface area contributed by atoms with Crippen LogP contribution in [0.3, 0.4) is 0 Å². The van der Waals surface area contributed by atoms with E-state index in [-0.39, 0.29) is 11.8 Å². The topological polar surface area (TPSA) is 71.5 Å². The number of carbonyl (C=O) groups excluding carboxylic acids is 2. The van der Waals surface area contributed by atoms with Crippen molar-refractivity contribution in [3.8, 4) is 11.5 Å². The van der Waals surface area contributed by atoms with Gasteiger partial charge < -0.3 is 15.0 Å². The number of hydrogen-bond donors (Lipinski definition) is 1. The molecule has 0 spiro atoms. The first-order valence-corrected chi connectivity index (χ1v) is 10.2. The van der Waals surface area contributed by atoms with Gasteiger partial charge in [0.2, 0.25) is 11.8 Å². The van der Waals surface area contributed by atoms with Gasteiger partial charge in [0.25, 0.3) is 0 Å². The number of carbonyl (C=O) groups is 2. The highest BCUT2D eigenvalue weighted by Crippen LogP contribution is 2.27. The van der Waals surface area contributed by atoms with Crippen molar-refractivity contribution in [1.29, 1.82) is 0 Å². The molecule has 31 heavy (non-hydrogen) atoms. The summed E-state index contributed by atoms with van der Waals surface area (Å²) < 4.78 is 5.81. The van der Waals surface area contributed by atoms with Crippen LogP contribution in [0, 0.1) is 6.92 Å². The number of aryl methyl sites for hydroxylation is 1. The lowest BCUT2D eigenvalue weighted by Gasteiger charge is -2.15. The first-order chi connectivity index (χ1) is 15.1. The molecule has 1 fully saturated rings. The Kier molecular flexibility index (Phi) is 6.08. The van der Waals surface area contributed by atoms with Crippen LogP contribution in [0.2, 0.25) is 0 Å². The Labute approximate surface area is 181 Å². The van der Waals surface area contributed by atoms with Gasteiger partial charge in [-0.2, -0.15) is 0 Å². The first kappa shape index (κ1) is 20.3. The second-order valence-electron chi connectivity index (χ2n) is 7.33. The Hall–Kier alpha value is -3.93. The van der Waals surface area contributed by atoms with Gasteiger partial charge in [-0.3, -0.25) is 14.6 Å². The van der Waals surface area contributed by atoms with Gasteiger partial charge in [0.05, 0.1) is 6.20 Å². The zero-order valence-electron chi connectivity index (χ0n) is 17.2. The van der Waals surface area contributed by atoms with Gasteiger partial charge >= 0.3 is 0 Å². The van der Waals surface area contributed by atoms with E-state index in [4.69, 9.17) is 4.74 Å². The number of pyridine rings is 1. The summed E-state index contributed by atoms with van der Waals surface area (Å²) in [7, 11) is 0. The largest absolute Gasteiger partial charge is 0.455 e. The Morgan fingerprint density at radius 3 is 2.68 bits per heavy atom. The third-order valence-corrected chi connectivity index (χ3v) is 5.01. The normalized spacial score (nSPS) is 13.6. The van der Waals surface area contributed by atoms with Crippen molar-refractivity contribution in [3.63, 3.8) is 0 Å². The molecule has 2 heterocycles. The molecule has 6 heteroatoms. The van der Waals surface area contributed by atoms with E-state index in [2.05, 4.69) is 10.3 Å². The molecule has 6 nitrogen and oxygen atoms in total. The number of nitrogens with one attached hydrogen (secondary N) is 1. The maximum atomic E-state index is 12.3. The summed E-state index contributed by atoms with van der Waals surface area (Å²) in [4.78, 5) is 30.0. The quantitative estimate of drug-likeness (QED) is 0.580. The Bertz CT molecular complexity index is 1110. The van der Waals surface area contributed by atoms with Gasteiger partial charge in [-0.25, -0.2) is 0 Å². The lowest BCUT2D eigenvalue weighted by Crippen LogP contribution is -2.23. The van der Waals surface area contributed by atoms with Gasteiger partial charge in [0, 0.05) is 36.6 Å². The standard InChI is InChI=1S/C25H23N3O3/c1-18-16-20(9-12-23(18)31-22-4-2-14-26-17-22)27-24(29)13-8-19-6-10-21(11-7-19)28-15-3-5-25(28)30/h2,4,6-14,16-17H,3,5,15H2,1H3,(H,27,29)/b13-8+. The van der Waals surface area contributed by atoms with Crippen LogP contribution >= 0.6 is 0 Å². The molecule has 0 aliphatic carbocycles. The van der Waals surface area contributed by atoms with E-state index >= 15 is 0 Å². The van der Waals surface area contributed by atoms with E-state index in [1.54, 1.807) is 29.4 Å². The molecule has 1 aromatic heterocycles. The highest BCUT2D eigenvalue weighted by molar-refractivity contribution is 6.02. The highest BCUT2D eigenvalue weighted by Gasteiger charge is 2.21. The van der Waals surface area contributed by atoms with Gasteiger partial charge in [0.1, 0.15) is 11.5 Å². The maximum Gasteiger partial charge on any atom is 0.248 e. The molecule has 0 bridgehead atoms. The van der Waals surface area contributed by atoms with E-state index in [9.17, 15) is 9.59 Å². The van der Waals surface area contributed by atoms with Crippen LogP contribution in [-0.4, -0.2) is 23.3 Å². The lowest BCUT2D eigenvalue weighted by atomic mass is 10.1. The van der Waals surface area contributed by atoms with Crippen LogP contribution in [0.4, 0.5) is 11.4 Å². The number of benzene rings is 2. The molecule has 156 valence electrons. The average molecular weight is 413 g/mol. The van der Waals surface area contributed by atoms with Crippen molar-refractivity contribution in [2.75, 3.05) is 16.8 Å². The average Bonchev–Trinajstić information content (AvgIpc) is 3.21. The van der Waals surface area contributed by atoms with Crippen LogP contribution in [-0.2, 0) is 9.59 Å². The van der Waals surface area contributed by atoms with Crippen LogP contribution in [0.25, 0.3) is 6.08 Å². The minimum Gasteiger partial charge on any atom is -0.455 e. The number of ether oxygens (including phenoxy) is 1. The molecular weight excluding hydrogens is 390 g/mol. The smallest absolute Gasteiger partial charge is 0.248 e. The summed E-state index contributed by atoms with van der Waals surface area (Å²) in [6, 6.07) is 16.7. The molecule has 0 atom stereocenters. The van der Waals surface area contributed by atoms with Crippen molar-refractivity contribution in [2.24, 2.45) is 0 Å². The van der Waals surface area contributed by atoms with Crippen molar-refractivity contribution in [1.82, 2.24) is 4.98 Å². The fraction of sp³-hybridized carbons (Fsp3) is 0.160. The molecule has 1 saturated heterocycles. The summed E-state index contributed by atoms with van der Waals surface area (Å²) in [5.74, 6) is 1.30. The lowest BCUT2D eigenvalue weighted by molar-refractivity contribution is -0.117. The predicted octanol–water partition coefficient (Wildman–Crippen LogP) is 4.96. The van der Waals surface area contributed by atoms with E-state index in [1.165, 1.54) is 6.08 Å². The molecule has 1 N–H and O–H groups in total. The summed E-state index contributed by atoms with van der Waals surface area (Å²) in [6.45, 7) is 2.69. The molecule has 3 aromatic rings. The van der Waals surface area contributed by atoms with Crippen LogP contribution in [0.5, 0.6) is 11.5 Å². The van der Waals surface area contributed by atoms with E-state index < -0.39 is 0 Å². The monoisotopic (exact) mass is 413 g/mol. The van der Waals surface area contributed by atoms with E-state index in [1.807, 2.05) is 55.5 Å². The SMILES string of the molecule is Cc1cc(NC(=O)/C=C/c2ccc(N3CCCC3=O)cc2)ccc1Oc1cccnc1. The second-order valence-corrected chi connectivity index (χ2v) is 7.33. The third-order valence-electron chi connectivity index (χ3n) is 5.01. The predicted molar refractivity (Wildman–Crippen MR) is 121 cm³/mol. The van der Waals surface area contributed by atoms with Crippen LogP contribution < -0.4 is 15.0 Å². The minimum atomic E-state index is -0.223. The number of anilines is 2. The molecular formula is C25H23N3O3. The van der Waals surface area contributed by atoms with Crippen molar-refractivity contribution in [2.45, 2.75) is 19.8 Å². The number of aromatic nitrogens is 1. The fourth-order valence-electron chi connectivity index (χ4n) is 3.42. The summed E-state index contributed by atoms with van der Waals surface area (Å²) >= 11 is 0. The molecule has 0 radical (unpaired) electrons. The minimum absolute atomic E-state index is 0.162. The zero-order chi connectivity index (χ0) is 21.6. The summed E-state index contributed by atoms with van der Waals surface area (Å²) in [5.41, 5.74) is 3.38. The molecule has 2 amide bonds. The van der Waals surface area contributed by atoms with Crippen LogP contribution in [0.1, 0.15) is 24.0 Å². The molecule has 1 aliphatic heterocycles. The first-order valence-electron chi connectivity index (χ1n) is 10.2. The molecule has 2 aromatic carbocycles. The Morgan fingerprint density at radius 2 is 2.00 bits per heavy atom. The number of rotatable bonds is 6. The molecule has 0 saturated carbocycles. The van der Waals surface area contributed by atoms with Gasteiger partial charge in [-0.15, -0.1) is 0 Å². The van der Waals surface area contributed by atoms with Crippen molar-refractivity contribution in [3.05, 3.63) is 84.2 Å². The molecule has 1 aliphatic rings. The van der Waals surface area contributed by atoms with Crippen molar-refractivity contribution < 1.29 is 14.3 Å². The van der Waals surface area contributed by atoms with Crippen LogP contribution in [0.15, 0.2) is 73.1 Å². The van der Waals surface area contributed by atoms with E-state index in [0.717, 1.165) is 29.8 Å². The maximum absolute atomic E-state index is 12.3. The summed E-state index contributed by atoms with van der Waals surface area (Å²) in [6.07, 6.45) is 8.09. The van der Waals surface area contributed by atoms with Gasteiger partial charge in [-0.1, -0.05) is 12.1 Å². The fourth-order valence-corrected chi connectivity index (χ4v) is 3.42. The Morgan fingerprint density at radius 1 is 1.16 bits per heavy atom. The highest BCUT2D eigenvalue weighted by atomic mass is 16.5. The van der Waals surface area contributed by atoms with Gasteiger partial charge in [-0.05, 0) is 73.0 Å². The number of amides is 2. The Balaban J connectivity index is 1.35. The van der Waals surface area contributed by atoms with E-state index in [0.29, 0.717) is 23.6 Å². The second kappa shape index (κ2) is 9.26. The van der Waals surface area contributed by atoms with Crippen molar-refractivity contribution >= 4 is 29.3 Å². The molecule has 4 rings (SSSR count).